The average Bonchev–Trinajstić information content (AvgIpc) is 2.91. The summed E-state index contributed by atoms with van der Waals surface area (Å²) in [6.07, 6.45) is 0.812. The maximum absolute atomic E-state index is 12.7. The molecule has 3 rings (SSSR count). The van der Waals surface area contributed by atoms with Crippen molar-refractivity contribution >= 4 is 26.0 Å². The van der Waals surface area contributed by atoms with Gasteiger partial charge >= 0.3 is 0 Å². The van der Waals surface area contributed by atoms with E-state index in [2.05, 4.69) is 30.8 Å². The minimum absolute atomic E-state index is 0.0530. The summed E-state index contributed by atoms with van der Waals surface area (Å²) in [5, 5.41) is 6.68. The van der Waals surface area contributed by atoms with Crippen LogP contribution in [0.5, 0.6) is 0 Å². The number of halogens is 1. The molecule has 2 N–H and O–H groups in total. The Labute approximate surface area is 132 Å². The monoisotopic (exact) mass is 369 g/mol. The van der Waals surface area contributed by atoms with Crippen LogP contribution in [0, 0.1) is 13.8 Å². The van der Waals surface area contributed by atoms with Crippen LogP contribution < -0.4 is 4.72 Å². The number of aryl methyl sites for hydroxylation is 2. The number of hydrogen-bond acceptors (Lipinski definition) is 3. The molecule has 0 radical (unpaired) electrons. The number of aromatic nitrogens is 2. The Morgan fingerprint density at radius 1 is 1.33 bits per heavy atom. The summed E-state index contributed by atoms with van der Waals surface area (Å²) >= 11 is 3.59. The van der Waals surface area contributed by atoms with Gasteiger partial charge in [-0.25, -0.2) is 13.1 Å². The standard InChI is InChI=1S/C14H16BrN3O2S/c1-8-14(9(2)17-16-8)21(19,20)18-13-11-6-4-3-5-10(11)7-12(13)15/h3-6,12-13,18H,7H2,1-2H3,(H,16,17). The van der Waals surface area contributed by atoms with Crippen LogP contribution in [0.3, 0.4) is 0 Å². The van der Waals surface area contributed by atoms with Gasteiger partial charge in [-0.3, -0.25) is 5.10 Å². The van der Waals surface area contributed by atoms with E-state index >= 15 is 0 Å². The Balaban J connectivity index is 1.97. The van der Waals surface area contributed by atoms with Gasteiger partial charge in [0.25, 0.3) is 0 Å². The van der Waals surface area contributed by atoms with Crippen molar-refractivity contribution in [1.82, 2.24) is 14.9 Å². The number of sulfonamides is 1. The highest BCUT2D eigenvalue weighted by molar-refractivity contribution is 9.09. The zero-order valence-corrected chi connectivity index (χ0v) is 14.1. The number of nitrogens with zero attached hydrogens (tertiary/aromatic N) is 1. The zero-order chi connectivity index (χ0) is 15.2. The average molecular weight is 370 g/mol. The van der Waals surface area contributed by atoms with Crippen molar-refractivity contribution in [2.45, 2.75) is 36.0 Å². The van der Waals surface area contributed by atoms with Crippen molar-refractivity contribution in [1.29, 1.82) is 0 Å². The first kappa shape index (κ1) is 14.7. The third kappa shape index (κ3) is 2.54. The van der Waals surface area contributed by atoms with E-state index in [0.717, 1.165) is 12.0 Å². The SMILES string of the molecule is Cc1n[nH]c(C)c1S(=O)(=O)NC1c2ccccc2CC1Br. The minimum Gasteiger partial charge on any atom is -0.281 e. The molecule has 1 aliphatic rings. The Morgan fingerprint density at radius 3 is 2.71 bits per heavy atom. The molecule has 2 atom stereocenters. The maximum atomic E-state index is 12.7. The summed E-state index contributed by atoms with van der Waals surface area (Å²) in [5.41, 5.74) is 3.24. The van der Waals surface area contributed by atoms with Crippen molar-refractivity contribution in [2.24, 2.45) is 0 Å². The van der Waals surface area contributed by atoms with Crippen LogP contribution in [0.4, 0.5) is 0 Å². The molecule has 2 unspecified atom stereocenters. The van der Waals surface area contributed by atoms with Gasteiger partial charge in [-0.1, -0.05) is 40.2 Å². The fourth-order valence-electron chi connectivity index (χ4n) is 2.85. The molecule has 112 valence electrons. The molecule has 2 aromatic rings. The summed E-state index contributed by atoms with van der Waals surface area (Å²) in [5.74, 6) is 0. The van der Waals surface area contributed by atoms with Gasteiger partial charge in [0, 0.05) is 4.83 Å². The van der Waals surface area contributed by atoms with Gasteiger partial charge in [-0.05, 0) is 31.4 Å². The Hall–Kier alpha value is -1.18. The highest BCUT2D eigenvalue weighted by atomic mass is 79.9. The molecule has 0 bridgehead atoms. The second kappa shape index (κ2) is 5.23. The summed E-state index contributed by atoms with van der Waals surface area (Å²) in [6, 6.07) is 7.64. The summed E-state index contributed by atoms with van der Waals surface area (Å²) < 4.78 is 28.1. The number of fused-ring (bicyclic) bond motifs is 1. The number of hydrogen-bond donors (Lipinski definition) is 2. The third-order valence-electron chi connectivity index (χ3n) is 3.78. The molecular formula is C14H16BrN3O2S. The van der Waals surface area contributed by atoms with Crippen molar-refractivity contribution in [2.75, 3.05) is 0 Å². The largest absolute Gasteiger partial charge is 0.281 e. The quantitative estimate of drug-likeness (QED) is 0.815. The van der Waals surface area contributed by atoms with Gasteiger partial charge in [-0.15, -0.1) is 0 Å². The Kier molecular flexibility index (Phi) is 3.67. The lowest BCUT2D eigenvalue weighted by Gasteiger charge is -2.18. The molecule has 1 aliphatic carbocycles. The van der Waals surface area contributed by atoms with Gasteiger partial charge in [0.05, 0.1) is 17.4 Å². The van der Waals surface area contributed by atoms with Crippen molar-refractivity contribution in [3.05, 3.63) is 46.8 Å². The van der Waals surface area contributed by atoms with E-state index in [1.54, 1.807) is 13.8 Å². The van der Waals surface area contributed by atoms with E-state index < -0.39 is 10.0 Å². The van der Waals surface area contributed by atoms with Gasteiger partial charge in [-0.2, -0.15) is 5.10 Å². The van der Waals surface area contributed by atoms with Crippen LogP contribution in [-0.4, -0.2) is 23.4 Å². The lowest BCUT2D eigenvalue weighted by molar-refractivity contribution is 0.558. The maximum Gasteiger partial charge on any atom is 0.244 e. The number of alkyl halides is 1. The second-order valence-corrected chi connectivity index (χ2v) is 8.11. The topological polar surface area (TPSA) is 74.8 Å². The number of rotatable bonds is 3. The molecule has 0 aliphatic heterocycles. The van der Waals surface area contributed by atoms with Gasteiger partial charge in [0.15, 0.2) is 0 Å². The second-order valence-electron chi connectivity index (χ2n) is 5.28. The van der Waals surface area contributed by atoms with Crippen molar-refractivity contribution < 1.29 is 8.42 Å². The molecule has 21 heavy (non-hydrogen) atoms. The summed E-state index contributed by atoms with van der Waals surface area (Å²) in [4.78, 5) is 0.295. The summed E-state index contributed by atoms with van der Waals surface area (Å²) in [6.45, 7) is 3.40. The number of H-pyrrole nitrogens is 1. The minimum atomic E-state index is -3.61. The Morgan fingerprint density at radius 2 is 2.05 bits per heavy atom. The molecule has 1 aromatic heterocycles. The molecule has 0 amide bonds. The van der Waals surface area contributed by atoms with E-state index in [0.29, 0.717) is 11.4 Å². The molecule has 1 heterocycles. The van der Waals surface area contributed by atoms with Crippen LogP contribution in [0.1, 0.15) is 28.6 Å². The number of nitrogens with one attached hydrogen (secondary N) is 2. The normalized spacial score (nSPS) is 21.5. The van der Waals surface area contributed by atoms with E-state index in [1.807, 2.05) is 24.3 Å². The van der Waals surface area contributed by atoms with Gasteiger partial charge < -0.3 is 0 Å². The number of aromatic amines is 1. The lowest BCUT2D eigenvalue weighted by atomic mass is 10.1. The lowest BCUT2D eigenvalue weighted by Crippen LogP contribution is -2.32. The van der Waals surface area contributed by atoms with Crippen LogP contribution in [0.2, 0.25) is 0 Å². The highest BCUT2D eigenvalue weighted by Crippen LogP contribution is 2.37. The predicted octanol–water partition coefficient (Wildman–Crippen LogP) is 2.37. The first-order valence-electron chi connectivity index (χ1n) is 6.66. The zero-order valence-electron chi connectivity index (χ0n) is 11.7. The molecule has 5 nitrogen and oxygen atoms in total. The highest BCUT2D eigenvalue weighted by Gasteiger charge is 2.35. The van der Waals surface area contributed by atoms with Crippen LogP contribution in [-0.2, 0) is 16.4 Å². The number of benzene rings is 1. The van der Waals surface area contributed by atoms with Crippen LogP contribution in [0.15, 0.2) is 29.2 Å². The molecule has 0 saturated heterocycles. The molecule has 0 spiro atoms. The fraction of sp³-hybridized carbons (Fsp3) is 0.357. The van der Waals surface area contributed by atoms with Crippen LogP contribution >= 0.6 is 15.9 Å². The van der Waals surface area contributed by atoms with Gasteiger partial charge in [0.1, 0.15) is 4.90 Å². The van der Waals surface area contributed by atoms with E-state index in [9.17, 15) is 8.42 Å². The predicted molar refractivity (Wildman–Crippen MR) is 84.0 cm³/mol. The van der Waals surface area contributed by atoms with Crippen molar-refractivity contribution in [3.8, 4) is 0 Å². The van der Waals surface area contributed by atoms with E-state index in [1.165, 1.54) is 5.56 Å². The smallest absolute Gasteiger partial charge is 0.244 e. The van der Waals surface area contributed by atoms with Crippen LogP contribution in [0.25, 0.3) is 0 Å². The molecule has 1 aromatic carbocycles. The van der Waals surface area contributed by atoms with E-state index in [-0.39, 0.29) is 15.8 Å². The molecule has 7 heteroatoms. The Bertz CT molecular complexity index is 766. The first-order valence-corrected chi connectivity index (χ1v) is 9.06. The third-order valence-corrected chi connectivity index (χ3v) is 6.33. The first-order chi connectivity index (χ1) is 9.90. The van der Waals surface area contributed by atoms with E-state index in [4.69, 9.17) is 0 Å². The molecule has 0 fully saturated rings. The summed E-state index contributed by atoms with van der Waals surface area (Å²) in [7, 11) is -3.61. The molecule has 0 saturated carbocycles. The van der Waals surface area contributed by atoms with Crippen molar-refractivity contribution in [3.63, 3.8) is 0 Å². The molecular weight excluding hydrogens is 354 g/mol. The fourth-order valence-corrected chi connectivity index (χ4v) is 5.41. The van der Waals surface area contributed by atoms with Gasteiger partial charge in [0.2, 0.25) is 10.0 Å².